The molecule has 24 heavy (non-hydrogen) atoms. The van der Waals surface area contributed by atoms with Crippen molar-refractivity contribution in [3.05, 3.63) is 47.0 Å². The zero-order chi connectivity index (χ0) is 16.5. The molecule has 0 saturated heterocycles. The van der Waals surface area contributed by atoms with E-state index in [0.29, 0.717) is 13.0 Å². The van der Waals surface area contributed by atoms with Gasteiger partial charge in [0.2, 0.25) is 0 Å². The van der Waals surface area contributed by atoms with E-state index in [9.17, 15) is 0 Å². The van der Waals surface area contributed by atoms with E-state index in [2.05, 4.69) is 33.2 Å². The number of nitrogens with two attached hydrogens (primary N) is 1. The largest absolute Gasteiger partial charge is 0.353 e. The van der Waals surface area contributed by atoms with E-state index < -0.39 is 0 Å². The number of H-pyrrole nitrogens is 1. The molecule has 0 amide bonds. The number of hydrogen-bond acceptors (Lipinski definition) is 5. The van der Waals surface area contributed by atoms with E-state index in [1.54, 1.807) is 0 Å². The lowest BCUT2D eigenvalue weighted by molar-refractivity contribution is 0.799. The molecule has 6 nitrogen and oxygen atoms in total. The number of benzene rings is 1. The summed E-state index contributed by atoms with van der Waals surface area (Å²) in [4.78, 5) is 11.6. The number of aromatic amines is 1. The lowest BCUT2D eigenvalue weighted by Crippen LogP contribution is -2.20. The van der Waals surface area contributed by atoms with Crippen LogP contribution in [0.4, 0.5) is 5.82 Å². The van der Waals surface area contributed by atoms with Gasteiger partial charge in [0, 0.05) is 24.5 Å². The SMILES string of the molecule is CN(Cc1n[nH]c2c1CCC2)c1nc(CCN)nc2ccccc12. The first-order valence-electron chi connectivity index (χ1n) is 8.48. The number of nitrogens with one attached hydrogen (secondary N) is 1. The number of anilines is 1. The van der Waals surface area contributed by atoms with Gasteiger partial charge < -0.3 is 10.6 Å². The zero-order valence-electron chi connectivity index (χ0n) is 13.9. The first-order chi connectivity index (χ1) is 11.8. The molecule has 0 atom stereocenters. The molecular weight excluding hydrogens is 300 g/mol. The second-order valence-electron chi connectivity index (χ2n) is 6.36. The van der Waals surface area contributed by atoms with Crippen molar-refractivity contribution in [3.8, 4) is 0 Å². The topological polar surface area (TPSA) is 83.7 Å². The van der Waals surface area contributed by atoms with E-state index in [4.69, 9.17) is 10.7 Å². The van der Waals surface area contributed by atoms with Gasteiger partial charge in [-0.15, -0.1) is 0 Å². The lowest BCUT2D eigenvalue weighted by atomic mass is 10.2. The molecule has 0 spiro atoms. The van der Waals surface area contributed by atoms with Gasteiger partial charge in [-0.05, 0) is 43.5 Å². The minimum Gasteiger partial charge on any atom is -0.353 e. The Balaban J connectivity index is 1.71. The Labute approximate surface area is 141 Å². The molecule has 3 aromatic rings. The molecule has 0 radical (unpaired) electrons. The van der Waals surface area contributed by atoms with E-state index in [0.717, 1.165) is 47.6 Å². The number of para-hydroxylation sites is 1. The van der Waals surface area contributed by atoms with Gasteiger partial charge in [-0.1, -0.05) is 12.1 Å². The normalized spacial score (nSPS) is 13.4. The van der Waals surface area contributed by atoms with Gasteiger partial charge >= 0.3 is 0 Å². The maximum absolute atomic E-state index is 5.69. The Bertz CT molecular complexity index is 869. The fraction of sp³-hybridized carbons (Fsp3) is 0.389. The van der Waals surface area contributed by atoms with Crippen molar-refractivity contribution in [2.24, 2.45) is 5.73 Å². The maximum Gasteiger partial charge on any atom is 0.140 e. The molecule has 0 fully saturated rings. The van der Waals surface area contributed by atoms with Crippen molar-refractivity contribution in [2.75, 3.05) is 18.5 Å². The minimum absolute atomic E-state index is 0.550. The number of nitrogens with zero attached hydrogens (tertiary/aromatic N) is 4. The van der Waals surface area contributed by atoms with Crippen LogP contribution in [-0.2, 0) is 25.8 Å². The highest BCUT2D eigenvalue weighted by molar-refractivity contribution is 5.89. The van der Waals surface area contributed by atoms with Crippen molar-refractivity contribution in [1.82, 2.24) is 20.2 Å². The zero-order valence-corrected chi connectivity index (χ0v) is 13.9. The molecule has 6 heteroatoms. The molecule has 2 aromatic heterocycles. The smallest absolute Gasteiger partial charge is 0.140 e. The molecule has 1 aliphatic rings. The van der Waals surface area contributed by atoms with Crippen molar-refractivity contribution in [1.29, 1.82) is 0 Å². The molecule has 2 heterocycles. The summed E-state index contributed by atoms with van der Waals surface area (Å²) in [5.74, 6) is 1.74. The Morgan fingerprint density at radius 2 is 2.08 bits per heavy atom. The Hall–Kier alpha value is -2.47. The first kappa shape index (κ1) is 15.1. The summed E-state index contributed by atoms with van der Waals surface area (Å²) in [6.07, 6.45) is 4.14. The fourth-order valence-electron chi connectivity index (χ4n) is 3.46. The van der Waals surface area contributed by atoms with Gasteiger partial charge in [-0.2, -0.15) is 5.10 Å². The van der Waals surface area contributed by atoms with Crippen LogP contribution in [0.3, 0.4) is 0 Å². The van der Waals surface area contributed by atoms with E-state index in [1.807, 2.05) is 18.2 Å². The van der Waals surface area contributed by atoms with Gasteiger partial charge in [-0.3, -0.25) is 5.10 Å². The summed E-state index contributed by atoms with van der Waals surface area (Å²) in [7, 11) is 2.07. The first-order valence-corrected chi connectivity index (χ1v) is 8.48. The summed E-state index contributed by atoms with van der Waals surface area (Å²) in [6, 6.07) is 8.13. The van der Waals surface area contributed by atoms with Gasteiger partial charge in [0.15, 0.2) is 0 Å². The number of aryl methyl sites for hydroxylation is 1. The minimum atomic E-state index is 0.550. The highest BCUT2D eigenvalue weighted by Gasteiger charge is 2.20. The van der Waals surface area contributed by atoms with Crippen LogP contribution in [0.25, 0.3) is 10.9 Å². The predicted molar refractivity (Wildman–Crippen MR) is 95.0 cm³/mol. The molecule has 0 saturated carbocycles. The average Bonchev–Trinajstić information content (AvgIpc) is 3.19. The third kappa shape index (κ3) is 2.63. The number of rotatable bonds is 5. The molecule has 1 aromatic carbocycles. The average molecular weight is 322 g/mol. The van der Waals surface area contributed by atoms with Crippen LogP contribution in [0.15, 0.2) is 24.3 Å². The summed E-state index contributed by atoms with van der Waals surface area (Å²) in [5, 5.41) is 8.76. The summed E-state index contributed by atoms with van der Waals surface area (Å²) < 4.78 is 0. The van der Waals surface area contributed by atoms with Crippen LogP contribution in [0.1, 0.15) is 29.2 Å². The van der Waals surface area contributed by atoms with E-state index in [-0.39, 0.29) is 0 Å². The van der Waals surface area contributed by atoms with Crippen LogP contribution < -0.4 is 10.6 Å². The highest BCUT2D eigenvalue weighted by atomic mass is 15.2. The molecular formula is C18H22N6. The third-order valence-corrected chi connectivity index (χ3v) is 4.64. The lowest BCUT2D eigenvalue weighted by Gasteiger charge is -2.20. The van der Waals surface area contributed by atoms with Crippen LogP contribution in [0.5, 0.6) is 0 Å². The van der Waals surface area contributed by atoms with Crippen molar-refractivity contribution in [2.45, 2.75) is 32.2 Å². The van der Waals surface area contributed by atoms with Crippen molar-refractivity contribution >= 4 is 16.7 Å². The Morgan fingerprint density at radius 1 is 1.21 bits per heavy atom. The molecule has 0 bridgehead atoms. The van der Waals surface area contributed by atoms with Crippen LogP contribution in [0.2, 0.25) is 0 Å². The monoisotopic (exact) mass is 322 g/mol. The number of aromatic nitrogens is 4. The Kier molecular flexibility index (Phi) is 3.90. The molecule has 0 aliphatic heterocycles. The fourth-order valence-corrected chi connectivity index (χ4v) is 3.46. The molecule has 124 valence electrons. The van der Waals surface area contributed by atoms with Gasteiger partial charge in [0.1, 0.15) is 11.6 Å². The summed E-state index contributed by atoms with van der Waals surface area (Å²) in [5.41, 5.74) is 10.5. The second-order valence-corrected chi connectivity index (χ2v) is 6.36. The highest BCUT2D eigenvalue weighted by Crippen LogP contribution is 2.27. The van der Waals surface area contributed by atoms with Crippen molar-refractivity contribution in [3.63, 3.8) is 0 Å². The summed E-state index contributed by atoms with van der Waals surface area (Å²) in [6.45, 7) is 1.29. The van der Waals surface area contributed by atoms with Crippen LogP contribution in [0, 0.1) is 0 Å². The quantitative estimate of drug-likeness (QED) is 0.750. The van der Waals surface area contributed by atoms with E-state index in [1.165, 1.54) is 17.7 Å². The molecule has 4 rings (SSSR count). The predicted octanol–water partition coefficient (Wildman–Crippen LogP) is 1.98. The number of fused-ring (bicyclic) bond motifs is 2. The van der Waals surface area contributed by atoms with Gasteiger partial charge in [-0.25, -0.2) is 9.97 Å². The second kappa shape index (κ2) is 6.20. The molecule has 3 N–H and O–H groups in total. The Morgan fingerprint density at radius 3 is 2.96 bits per heavy atom. The van der Waals surface area contributed by atoms with E-state index >= 15 is 0 Å². The third-order valence-electron chi connectivity index (χ3n) is 4.64. The molecule has 1 aliphatic carbocycles. The van der Waals surface area contributed by atoms with Gasteiger partial charge in [0.05, 0.1) is 17.8 Å². The maximum atomic E-state index is 5.69. The van der Waals surface area contributed by atoms with Gasteiger partial charge in [0.25, 0.3) is 0 Å². The van der Waals surface area contributed by atoms with Crippen LogP contribution >= 0.6 is 0 Å². The molecule has 0 unspecified atom stereocenters. The standard InChI is InChI=1S/C18H22N6/c1-24(11-16-12-6-4-8-15(12)22-23-16)18-13-5-2-3-7-14(13)20-17(21-18)9-10-19/h2-3,5,7H,4,6,8-11,19H2,1H3,(H,22,23). The number of hydrogen-bond donors (Lipinski definition) is 2. The summed E-state index contributed by atoms with van der Waals surface area (Å²) >= 11 is 0. The van der Waals surface area contributed by atoms with Crippen molar-refractivity contribution < 1.29 is 0 Å². The van der Waals surface area contributed by atoms with Crippen LogP contribution in [-0.4, -0.2) is 33.8 Å².